The summed E-state index contributed by atoms with van der Waals surface area (Å²) in [5.41, 5.74) is 3.45. The van der Waals surface area contributed by atoms with Crippen LogP contribution in [-0.2, 0) is 11.3 Å². The normalized spacial score (nSPS) is 11.0. The number of aromatic nitrogens is 1. The Bertz CT molecular complexity index is 977. The molecule has 6 nitrogen and oxygen atoms in total. The van der Waals surface area contributed by atoms with E-state index in [2.05, 4.69) is 33.4 Å². The van der Waals surface area contributed by atoms with Crippen molar-refractivity contribution in [2.24, 2.45) is 0 Å². The van der Waals surface area contributed by atoms with E-state index in [4.69, 9.17) is 0 Å². The minimum absolute atomic E-state index is 0.0913. The summed E-state index contributed by atoms with van der Waals surface area (Å²) in [5.74, 6) is -0.189. The largest absolute Gasteiger partial charge is 0.361 e. The van der Waals surface area contributed by atoms with E-state index in [1.807, 2.05) is 19.2 Å². The number of amides is 2. The van der Waals surface area contributed by atoms with Crippen molar-refractivity contribution in [2.75, 3.05) is 32.5 Å². The van der Waals surface area contributed by atoms with Gasteiger partial charge >= 0.3 is 0 Å². The first-order valence-electron chi connectivity index (χ1n) is 9.36. The van der Waals surface area contributed by atoms with Crippen LogP contribution >= 0.6 is 0 Å². The number of carbonyl (C=O) groups excluding carboxylic acids is 2. The lowest BCUT2D eigenvalue weighted by Gasteiger charge is -2.20. The van der Waals surface area contributed by atoms with E-state index in [0.717, 1.165) is 12.1 Å². The van der Waals surface area contributed by atoms with Crippen molar-refractivity contribution >= 4 is 28.4 Å². The molecule has 6 heteroatoms. The van der Waals surface area contributed by atoms with Crippen LogP contribution in [0.2, 0.25) is 0 Å². The molecule has 0 aliphatic carbocycles. The van der Waals surface area contributed by atoms with Gasteiger partial charge in [0.05, 0.1) is 6.54 Å². The maximum Gasteiger partial charge on any atom is 0.253 e. The number of hydrogen-bond donors (Lipinski definition) is 2. The SMILES string of the molecule is CCN(CC(=O)Nc1cccc(C(=O)N(C)C)c1)Cc1ccc2[nH]ccc2c1. The number of anilines is 1. The van der Waals surface area contributed by atoms with Crippen molar-refractivity contribution in [1.82, 2.24) is 14.8 Å². The molecule has 0 bridgehead atoms. The molecule has 1 heterocycles. The molecule has 2 amide bonds. The average molecular weight is 378 g/mol. The Balaban J connectivity index is 1.62. The molecule has 0 aliphatic rings. The second-order valence-electron chi connectivity index (χ2n) is 7.03. The summed E-state index contributed by atoms with van der Waals surface area (Å²) in [5, 5.41) is 4.06. The molecule has 0 fully saturated rings. The lowest BCUT2D eigenvalue weighted by atomic mass is 10.1. The van der Waals surface area contributed by atoms with Crippen LogP contribution in [0.25, 0.3) is 10.9 Å². The van der Waals surface area contributed by atoms with Gasteiger partial charge in [-0.3, -0.25) is 14.5 Å². The molecule has 2 N–H and O–H groups in total. The van der Waals surface area contributed by atoms with Gasteiger partial charge in [-0.05, 0) is 53.9 Å². The van der Waals surface area contributed by atoms with Gasteiger partial charge in [0, 0.05) is 43.6 Å². The Hall–Kier alpha value is -3.12. The number of carbonyl (C=O) groups is 2. The molecular formula is C22H26N4O2. The van der Waals surface area contributed by atoms with Crippen molar-refractivity contribution in [3.05, 3.63) is 65.9 Å². The number of aromatic amines is 1. The van der Waals surface area contributed by atoms with Crippen LogP contribution in [0.15, 0.2) is 54.7 Å². The van der Waals surface area contributed by atoms with Gasteiger partial charge in [0.1, 0.15) is 0 Å². The topological polar surface area (TPSA) is 68.4 Å². The summed E-state index contributed by atoms with van der Waals surface area (Å²) in [4.78, 5) is 31.4. The lowest BCUT2D eigenvalue weighted by molar-refractivity contribution is -0.117. The van der Waals surface area contributed by atoms with Crippen molar-refractivity contribution in [3.8, 4) is 0 Å². The van der Waals surface area contributed by atoms with Gasteiger partial charge in [-0.15, -0.1) is 0 Å². The first-order chi connectivity index (χ1) is 13.5. The highest BCUT2D eigenvalue weighted by molar-refractivity contribution is 5.97. The van der Waals surface area contributed by atoms with Crippen LogP contribution in [0.4, 0.5) is 5.69 Å². The number of nitrogens with one attached hydrogen (secondary N) is 2. The molecule has 0 radical (unpaired) electrons. The van der Waals surface area contributed by atoms with Gasteiger partial charge in [0.2, 0.25) is 5.91 Å². The van der Waals surface area contributed by atoms with Crippen molar-refractivity contribution in [1.29, 1.82) is 0 Å². The molecule has 0 unspecified atom stereocenters. The standard InChI is InChI=1S/C22H26N4O2/c1-4-26(14-16-8-9-20-17(12-16)10-11-23-20)15-21(27)24-19-7-5-6-18(13-19)22(28)25(2)3/h5-13,23H,4,14-15H2,1-3H3,(H,24,27). The van der Waals surface area contributed by atoms with Crippen LogP contribution < -0.4 is 5.32 Å². The van der Waals surface area contributed by atoms with Gasteiger partial charge in [0.15, 0.2) is 0 Å². The van der Waals surface area contributed by atoms with E-state index >= 15 is 0 Å². The minimum Gasteiger partial charge on any atom is -0.361 e. The number of benzene rings is 2. The fourth-order valence-electron chi connectivity index (χ4n) is 3.13. The summed E-state index contributed by atoms with van der Waals surface area (Å²) in [6, 6.07) is 15.3. The number of likely N-dealkylation sites (N-methyl/N-ethyl adjacent to an activating group) is 1. The second-order valence-corrected chi connectivity index (χ2v) is 7.03. The number of rotatable bonds is 7. The third-order valence-electron chi connectivity index (χ3n) is 4.64. The van der Waals surface area contributed by atoms with E-state index in [9.17, 15) is 9.59 Å². The van der Waals surface area contributed by atoms with Crippen molar-refractivity contribution in [2.45, 2.75) is 13.5 Å². The Morgan fingerprint density at radius 3 is 2.64 bits per heavy atom. The number of H-pyrrole nitrogens is 1. The molecule has 0 saturated heterocycles. The number of hydrogen-bond acceptors (Lipinski definition) is 3. The smallest absolute Gasteiger partial charge is 0.253 e. The highest BCUT2D eigenvalue weighted by Crippen LogP contribution is 2.16. The molecule has 0 saturated carbocycles. The maximum absolute atomic E-state index is 12.5. The van der Waals surface area contributed by atoms with Gasteiger partial charge < -0.3 is 15.2 Å². The van der Waals surface area contributed by atoms with E-state index in [1.54, 1.807) is 38.4 Å². The molecule has 2 aromatic carbocycles. The number of fused-ring (bicyclic) bond motifs is 1. The Morgan fingerprint density at radius 2 is 1.89 bits per heavy atom. The summed E-state index contributed by atoms with van der Waals surface area (Å²) in [6.07, 6.45) is 1.93. The third kappa shape index (κ3) is 4.78. The van der Waals surface area contributed by atoms with Gasteiger partial charge in [0.25, 0.3) is 5.91 Å². The number of nitrogens with zero attached hydrogens (tertiary/aromatic N) is 2. The molecule has 146 valence electrons. The summed E-state index contributed by atoms with van der Waals surface area (Å²) in [6.45, 7) is 3.79. The first kappa shape index (κ1) is 19.6. The molecule has 3 rings (SSSR count). The molecule has 1 aromatic heterocycles. The van der Waals surface area contributed by atoms with Gasteiger partial charge in [-0.2, -0.15) is 0 Å². The monoisotopic (exact) mass is 378 g/mol. The van der Waals surface area contributed by atoms with Crippen molar-refractivity contribution in [3.63, 3.8) is 0 Å². The van der Waals surface area contributed by atoms with Crippen molar-refractivity contribution < 1.29 is 9.59 Å². The Kier molecular flexibility index (Phi) is 6.11. The minimum atomic E-state index is -0.0981. The molecule has 28 heavy (non-hydrogen) atoms. The summed E-state index contributed by atoms with van der Waals surface area (Å²) in [7, 11) is 3.41. The van der Waals surface area contributed by atoms with Crippen LogP contribution in [0.5, 0.6) is 0 Å². The summed E-state index contributed by atoms with van der Waals surface area (Å²) >= 11 is 0. The van der Waals surface area contributed by atoms with E-state index in [1.165, 1.54) is 15.8 Å². The van der Waals surface area contributed by atoms with Crippen LogP contribution in [0, 0.1) is 0 Å². The lowest BCUT2D eigenvalue weighted by Crippen LogP contribution is -2.32. The molecule has 0 atom stereocenters. The highest BCUT2D eigenvalue weighted by atomic mass is 16.2. The van der Waals surface area contributed by atoms with Crippen LogP contribution in [-0.4, -0.2) is 53.8 Å². The molecule has 0 spiro atoms. The zero-order valence-corrected chi connectivity index (χ0v) is 16.5. The predicted molar refractivity (Wildman–Crippen MR) is 112 cm³/mol. The van der Waals surface area contributed by atoms with E-state index in [-0.39, 0.29) is 18.4 Å². The first-order valence-corrected chi connectivity index (χ1v) is 9.36. The van der Waals surface area contributed by atoms with Crippen LogP contribution in [0.3, 0.4) is 0 Å². The maximum atomic E-state index is 12.5. The zero-order valence-electron chi connectivity index (χ0n) is 16.5. The zero-order chi connectivity index (χ0) is 20.1. The molecule has 3 aromatic rings. The average Bonchev–Trinajstić information content (AvgIpc) is 3.14. The predicted octanol–water partition coefficient (Wildman–Crippen LogP) is 3.33. The van der Waals surface area contributed by atoms with E-state index < -0.39 is 0 Å². The van der Waals surface area contributed by atoms with E-state index in [0.29, 0.717) is 17.8 Å². The highest BCUT2D eigenvalue weighted by Gasteiger charge is 2.12. The van der Waals surface area contributed by atoms with Gasteiger partial charge in [-0.1, -0.05) is 19.1 Å². The second kappa shape index (κ2) is 8.71. The Labute approximate surface area is 165 Å². The third-order valence-corrected chi connectivity index (χ3v) is 4.64. The quantitative estimate of drug-likeness (QED) is 0.663. The summed E-state index contributed by atoms with van der Waals surface area (Å²) < 4.78 is 0. The fourth-order valence-corrected chi connectivity index (χ4v) is 3.13. The Morgan fingerprint density at radius 1 is 1.07 bits per heavy atom. The fraction of sp³-hybridized carbons (Fsp3) is 0.273. The van der Waals surface area contributed by atoms with Gasteiger partial charge in [-0.25, -0.2) is 0 Å². The molecular weight excluding hydrogens is 352 g/mol. The molecule has 0 aliphatic heterocycles. The van der Waals surface area contributed by atoms with Crippen LogP contribution in [0.1, 0.15) is 22.8 Å².